The van der Waals surface area contributed by atoms with Crippen LogP contribution in [0.4, 0.5) is 4.79 Å². The highest BCUT2D eigenvalue weighted by molar-refractivity contribution is 5.87. The summed E-state index contributed by atoms with van der Waals surface area (Å²) in [5.74, 6) is -0.910. The molecule has 0 unspecified atom stereocenters. The Morgan fingerprint density at radius 2 is 1.89 bits per heavy atom. The van der Waals surface area contributed by atoms with Crippen molar-refractivity contribution in [3.8, 4) is 0 Å². The fourth-order valence-electron chi connectivity index (χ4n) is 1.90. The number of hydrogen-bond acceptors (Lipinski definition) is 8. The average molecular weight is 384 g/mol. The molecule has 1 N–H and O–H groups in total. The summed E-state index contributed by atoms with van der Waals surface area (Å²) in [5.41, 5.74) is -0.738. The van der Waals surface area contributed by atoms with Gasteiger partial charge in [-0.25, -0.2) is 14.4 Å². The van der Waals surface area contributed by atoms with E-state index in [0.29, 0.717) is 0 Å². The Hall–Kier alpha value is -2.58. The van der Waals surface area contributed by atoms with Gasteiger partial charge in [0.05, 0.1) is 13.2 Å². The third-order valence-corrected chi connectivity index (χ3v) is 2.98. The summed E-state index contributed by atoms with van der Waals surface area (Å²) in [7, 11) is 0. The van der Waals surface area contributed by atoms with E-state index < -0.39 is 29.7 Å². The zero-order valence-corrected chi connectivity index (χ0v) is 16.7. The molecule has 0 saturated heterocycles. The first kappa shape index (κ1) is 22.5. The molecule has 0 aliphatic rings. The van der Waals surface area contributed by atoms with Crippen LogP contribution in [-0.4, -0.2) is 48.0 Å². The molecule has 0 spiro atoms. The third-order valence-electron chi connectivity index (χ3n) is 2.98. The molecule has 9 nitrogen and oxygen atoms in total. The molecule has 1 atom stereocenters. The predicted molar refractivity (Wildman–Crippen MR) is 95.1 cm³/mol. The maximum Gasteiger partial charge on any atom is 0.408 e. The number of esters is 2. The lowest BCUT2D eigenvalue weighted by molar-refractivity contribution is -0.147. The number of aromatic nitrogens is 1. The average Bonchev–Trinajstić information content (AvgIpc) is 2.99. The van der Waals surface area contributed by atoms with Crippen molar-refractivity contribution < 1.29 is 33.1 Å². The second-order valence-corrected chi connectivity index (χ2v) is 7.33. The lowest BCUT2D eigenvalue weighted by Crippen LogP contribution is -2.45. The minimum atomic E-state index is -1.05. The van der Waals surface area contributed by atoms with Gasteiger partial charge in [0, 0.05) is 12.5 Å². The minimum Gasteiger partial charge on any atom is -0.464 e. The number of rotatable bonds is 8. The van der Waals surface area contributed by atoms with E-state index in [1.807, 2.05) is 13.8 Å². The van der Waals surface area contributed by atoms with Crippen molar-refractivity contribution in [1.82, 2.24) is 10.5 Å². The van der Waals surface area contributed by atoms with Crippen molar-refractivity contribution in [2.45, 2.75) is 59.6 Å². The molecule has 0 radical (unpaired) electrons. The van der Waals surface area contributed by atoms with Gasteiger partial charge in [-0.3, -0.25) is 0 Å². The fraction of sp³-hybridized carbons (Fsp3) is 0.667. The number of ether oxygens (including phenoxy) is 3. The molecule has 1 rings (SSSR count). The van der Waals surface area contributed by atoms with E-state index in [2.05, 4.69) is 10.5 Å². The van der Waals surface area contributed by atoms with E-state index in [-0.39, 0.29) is 37.0 Å². The second kappa shape index (κ2) is 9.94. The normalized spacial score (nSPS) is 12.4. The van der Waals surface area contributed by atoms with Crippen LogP contribution in [0.1, 0.15) is 57.8 Å². The van der Waals surface area contributed by atoms with Gasteiger partial charge >= 0.3 is 18.0 Å². The molecular weight excluding hydrogens is 356 g/mol. The summed E-state index contributed by atoms with van der Waals surface area (Å²) in [6.07, 6.45) is -0.818. The van der Waals surface area contributed by atoms with Crippen LogP contribution in [0.2, 0.25) is 0 Å². The Kier molecular flexibility index (Phi) is 8.27. The van der Waals surface area contributed by atoms with E-state index in [0.717, 1.165) is 0 Å². The highest BCUT2D eigenvalue weighted by Crippen LogP contribution is 2.11. The maximum absolute atomic E-state index is 12.4. The van der Waals surface area contributed by atoms with Crippen LogP contribution in [0.5, 0.6) is 0 Å². The number of amides is 1. The second-order valence-electron chi connectivity index (χ2n) is 7.33. The third kappa shape index (κ3) is 8.57. The van der Waals surface area contributed by atoms with Gasteiger partial charge < -0.3 is 24.1 Å². The molecule has 1 aromatic heterocycles. The van der Waals surface area contributed by atoms with Crippen LogP contribution < -0.4 is 5.32 Å². The smallest absolute Gasteiger partial charge is 0.408 e. The first-order chi connectivity index (χ1) is 12.5. The van der Waals surface area contributed by atoms with Crippen molar-refractivity contribution >= 4 is 18.0 Å². The number of nitrogens with one attached hydrogen (secondary N) is 1. The summed E-state index contributed by atoms with van der Waals surface area (Å²) in [6.45, 7) is 11.0. The van der Waals surface area contributed by atoms with Crippen LogP contribution in [0.15, 0.2) is 10.6 Å². The maximum atomic E-state index is 12.4. The number of carbonyl (C=O) groups is 3. The molecule has 0 saturated carbocycles. The molecule has 0 fully saturated rings. The van der Waals surface area contributed by atoms with E-state index >= 15 is 0 Å². The molecule has 152 valence electrons. The van der Waals surface area contributed by atoms with Gasteiger partial charge in [-0.15, -0.1) is 0 Å². The number of alkyl carbamates (subject to hydrolysis) is 1. The van der Waals surface area contributed by atoms with Crippen molar-refractivity contribution in [2.75, 3.05) is 13.2 Å². The van der Waals surface area contributed by atoms with E-state index in [1.54, 1.807) is 27.7 Å². The summed E-state index contributed by atoms with van der Waals surface area (Å²) in [5, 5.41) is 6.08. The molecule has 1 amide bonds. The molecular formula is C18H28N2O7. The SMILES string of the molecule is CCOC(=O)c1cc(C[C@H](NC(=O)OC(C)(C)C)C(=O)OCC(C)C)on1. The van der Waals surface area contributed by atoms with E-state index in [1.165, 1.54) is 6.07 Å². The molecule has 0 aliphatic heterocycles. The molecule has 0 bridgehead atoms. The van der Waals surface area contributed by atoms with Gasteiger partial charge in [-0.05, 0) is 33.6 Å². The van der Waals surface area contributed by atoms with Gasteiger partial charge in [-0.1, -0.05) is 19.0 Å². The van der Waals surface area contributed by atoms with Gasteiger partial charge in [0.25, 0.3) is 0 Å². The summed E-state index contributed by atoms with van der Waals surface area (Å²) in [4.78, 5) is 36.1. The number of nitrogens with zero attached hydrogens (tertiary/aromatic N) is 1. The van der Waals surface area contributed by atoms with Crippen LogP contribution in [0.3, 0.4) is 0 Å². The molecule has 27 heavy (non-hydrogen) atoms. The summed E-state index contributed by atoms with van der Waals surface area (Å²) in [6, 6.07) is 0.305. The standard InChI is InChI=1S/C18H28N2O7/c1-7-24-16(22)14-9-12(27-20-14)8-13(15(21)25-10-11(2)3)19-17(23)26-18(4,5)6/h9,11,13H,7-8,10H2,1-6H3,(H,19,23)/t13-/m0/s1. The zero-order valence-electron chi connectivity index (χ0n) is 16.7. The van der Waals surface area contributed by atoms with Gasteiger partial charge in [-0.2, -0.15) is 0 Å². The van der Waals surface area contributed by atoms with E-state index in [4.69, 9.17) is 18.7 Å². The monoisotopic (exact) mass is 384 g/mol. The largest absolute Gasteiger partial charge is 0.464 e. The first-order valence-corrected chi connectivity index (χ1v) is 8.80. The number of hydrogen-bond donors (Lipinski definition) is 1. The topological polar surface area (TPSA) is 117 Å². The van der Waals surface area contributed by atoms with Crippen molar-refractivity contribution in [2.24, 2.45) is 5.92 Å². The van der Waals surface area contributed by atoms with Gasteiger partial charge in [0.2, 0.25) is 0 Å². The van der Waals surface area contributed by atoms with Gasteiger partial charge in [0.15, 0.2) is 5.69 Å². The molecule has 0 aromatic carbocycles. The summed E-state index contributed by atoms with van der Waals surface area (Å²) >= 11 is 0. The molecule has 0 aliphatic carbocycles. The Morgan fingerprint density at radius 1 is 1.22 bits per heavy atom. The Bertz CT molecular complexity index is 646. The van der Waals surface area contributed by atoms with E-state index in [9.17, 15) is 14.4 Å². The molecule has 1 aromatic rings. The Balaban J connectivity index is 2.85. The number of carbonyl (C=O) groups excluding carboxylic acids is 3. The summed E-state index contributed by atoms with van der Waals surface area (Å²) < 4.78 is 20.3. The van der Waals surface area contributed by atoms with Crippen LogP contribution >= 0.6 is 0 Å². The first-order valence-electron chi connectivity index (χ1n) is 8.80. The highest BCUT2D eigenvalue weighted by Gasteiger charge is 2.28. The van der Waals surface area contributed by atoms with Crippen LogP contribution in [-0.2, 0) is 25.4 Å². The van der Waals surface area contributed by atoms with Crippen molar-refractivity contribution in [3.05, 3.63) is 17.5 Å². The fourth-order valence-corrected chi connectivity index (χ4v) is 1.90. The predicted octanol–water partition coefficient (Wildman–Crippen LogP) is 2.49. The molecule has 1 heterocycles. The quantitative estimate of drug-likeness (QED) is 0.537. The Morgan fingerprint density at radius 3 is 2.44 bits per heavy atom. The molecule has 9 heteroatoms. The van der Waals surface area contributed by atoms with Crippen LogP contribution in [0, 0.1) is 5.92 Å². The highest BCUT2D eigenvalue weighted by atomic mass is 16.6. The van der Waals surface area contributed by atoms with Crippen LogP contribution in [0.25, 0.3) is 0 Å². The minimum absolute atomic E-state index is 0.0154. The zero-order chi connectivity index (χ0) is 20.6. The van der Waals surface area contributed by atoms with Crippen molar-refractivity contribution in [3.63, 3.8) is 0 Å². The lowest BCUT2D eigenvalue weighted by Gasteiger charge is -2.22. The van der Waals surface area contributed by atoms with Gasteiger partial charge in [0.1, 0.15) is 17.4 Å². The van der Waals surface area contributed by atoms with Crippen molar-refractivity contribution in [1.29, 1.82) is 0 Å². The Labute approximate surface area is 158 Å². The lowest BCUT2D eigenvalue weighted by atomic mass is 10.1.